The summed E-state index contributed by atoms with van der Waals surface area (Å²) < 4.78 is 7.89. The van der Waals surface area contributed by atoms with E-state index in [4.69, 9.17) is 17.0 Å². The molecular formula is C25H32N4O3S2. The lowest BCUT2D eigenvalue weighted by molar-refractivity contribution is -0.124. The summed E-state index contributed by atoms with van der Waals surface area (Å²) in [5, 5.41) is 9.82. The number of nitriles is 1. The molecule has 34 heavy (non-hydrogen) atoms. The molecule has 0 aromatic carbocycles. The van der Waals surface area contributed by atoms with Gasteiger partial charge in [0.25, 0.3) is 11.5 Å². The van der Waals surface area contributed by atoms with Gasteiger partial charge in [-0.05, 0) is 37.8 Å². The summed E-state index contributed by atoms with van der Waals surface area (Å²) in [6, 6.07) is 2.29. The molecule has 1 aromatic heterocycles. The van der Waals surface area contributed by atoms with Crippen LogP contribution < -0.4 is 10.5 Å². The number of rotatable bonds is 6. The topological polar surface area (TPSA) is 78.6 Å². The molecule has 3 heterocycles. The van der Waals surface area contributed by atoms with Crippen LogP contribution in [0.4, 0.5) is 5.82 Å². The number of nitrogens with zero attached hydrogens (tertiary/aromatic N) is 4. The summed E-state index contributed by atoms with van der Waals surface area (Å²) in [6.45, 7) is 6.87. The Bertz CT molecular complexity index is 1090. The molecule has 3 fully saturated rings. The molecule has 7 nitrogen and oxygen atoms in total. The maximum absolute atomic E-state index is 13.5. The number of aromatic nitrogens is 1. The van der Waals surface area contributed by atoms with Crippen molar-refractivity contribution in [2.75, 3.05) is 31.2 Å². The number of ether oxygens (including phenoxy) is 1. The fourth-order valence-corrected chi connectivity index (χ4v) is 6.43. The number of amides is 1. The van der Waals surface area contributed by atoms with Crippen molar-refractivity contribution >= 4 is 46.1 Å². The fourth-order valence-electron chi connectivity index (χ4n) is 5.05. The second-order valence-corrected chi connectivity index (χ2v) is 10.8. The Hall–Kier alpha value is -2.15. The van der Waals surface area contributed by atoms with Gasteiger partial charge in [0, 0.05) is 31.2 Å². The van der Waals surface area contributed by atoms with Crippen LogP contribution in [0.2, 0.25) is 0 Å². The molecule has 0 radical (unpaired) electrons. The van der Waals surface area contributed by atoms with Crippen LogP contribution in [-0.2, 0) is 16.1 Å². The molecule has 1 aliphatic carbocycles. The molecule has 3 aliphatic rings. The zero-order valence-corrected chi connectivity index (χ0v) is 21.6. The highest BCUT2D eigenvalue weighted by Gasteiger charge is 2.38. The predicted octanol–water partition coefficient (Wildman–Crippen LogP) is 4.20. The Kier molecular flexibility index (Phi) is 8.12. The molecule has 1 aromatic rings. The minimum atomic E-state index is -0.262. The summed E-state index contributed by atoms with van der Waals surface area (Å²) in [7, 11) is 0. The van der Waals surface area contributed by atoms with Crippen LogP contribution >= 0.6 is 24.0 Å². The summed E-state index contributed by atoms with van der Waals surface area (Å²) in [4.78, 5) is 31.3. The van der Waals surface area contributed by atoms with Crippen LogP contribution in [0.15, 0.2) is 9.70 Å². The first-order valence-electron chi connectivity index (χ1n) is 12.2. The van der Waals surface area contributed by atoms with Gasteiger partial charge in [-0.2, -0.15) is 5.26 Å². The molecule has 0 N–H and O–H groups in total. The van der Waals surface area contributed by atoms with Crippen LogP contribution in [0.1, 0.15) is 68.6 Å². The lowest BCUT2D eigenvalue weighted by Crippen LogP contribution is -2.41. The van der Waals surface area contributed by atoms with Crippen molar-refractivity contribution in [1.29, 1.82) is 5.26 Å². The molecule has 0 atom stereocenters. The fraction of sp³-hybridized carbons (Fsp3) is 0.600. The van der Waals surface area contributed by atoms with Crippen molar-refractivity contribution in [3.05, 3.63) is 31.9 Å². The molecule has 182 valence electrons. The van der Waals surface area contributed by atoms with Gasteiger partial charge >= 0.3 is 0 Å². The van der Waals surface area contributed by atoms with Gasteiger partial charge in [0.1, 0.15) is 21.8 Å². The second-order valence-electron chi connectivity index (χ2n) is 9.10. The van der Waals surface area contributed by atoms with Crippen molar-refractivity contribution in [2.24, 2.45) is 0 Å². The van der Waals surface area contributed by atoms with E-state index in [1.54, 1.807) is 9.47 Å². The molecule has 9 heteroatoms. The molecule has 0 unspecified atom stereocenters. The Labute approximate surface area is 210 Å². The number of hydrogen-bond donors (Lipinski definition) is 0. The smallest absolute Gasteiger partial charge is 0.270 e. The van der Waals surface area contributed by atoms with Gasteiger partial charge in [0.2, 0.25) is 0 Å². The molecule has 1 saturated carbocycles. The molecule has 4 rings (SSSR count). The van der Waals surface area contributed by atoms with Crippen molar-refractivity contribution in [2.45, 2.75) is 71.4 Å². The van der Waals surface area contributed by atoms with E-state index in [9.17, 15) is 14.9 Å². The standard InChI is InChI=1S/C25H32N4O3S2/c1-3-4-10-28-22(27-11-13-32-14-12-27)19(17(2)20(16-26)23(28)30)15-21-24(31)29(25(33)34-21)18-8-6-5-7-9-18/h15,18H,3-14H2,1-2H3. The van der Waals surface area contributed by atoms with Crippen molar-refractivity contribution in [3.8, 4) is 6.07 Å². The first kappa shape index (κ1) is 25.0. The summed E-state index contributed by atoms with van der Waals surface area (Å²) in [5.41, 5.74) is 1.26. The van der Waals surface area contributed by atoms with Gasteiger partial charge < -0.3 is 9.64 Å². The third-order valence-corrected chi connectivity index (χ3v) is 8.26. The number of unbranched alkanes of at least 4 members (excludes halogenated alkanes) is 1. The van der Waals surface area contributed by atoms with Gasteiger partial charge in [-0.1, -0.05) is 56.6 Å². The number of thioether (sulfide) groups is 1. The maximum atomic E-state index is 13.5. The zero-order chi connectivity index (χ0) is 24.2. The van der Waals surface area contributed by atoms with Crippen LogP contribution in [0.25, 0.3) is 6.08 Å². The van der Waals surface area contributed by atoms with Crippen LogP contribution in [-0.4, -0.2) is 52.0 Å². The molecule has 2 saturated heterocycles. The maximum Gasteiger partial charge on any atom is 0.270 e. The number of anilines is 1. The Balaban J connectivity index is 1.83. The van der Waals surface area contributed by atoms with Crippen LogP contribution in [0, 0.1) is 18.3 Å². The lowest BCUT2D eigenvalue weighted by Gasteiger charge is -2.33. The molecule has 0 bridgehead atoms. The zero-order valence-electron chi connectivity index (χ0n) is 20.0. The van der Waals surface area contributed by atoms with E-state index in [2.05, 4.69) is 17.9 Å². The SMILES string of the molecule is CCCCn1c(N2CCOCC2)c(C=C2SC(=S)N(C3CCCCC3)C2=O)c(C)c(C#N)c1=O. The average molecular weight is 501 g/mol. The molecule has 0 spiro atoms. The van der Waals surface area contributed by atoms with E-state index >= 15 is 0 Å². The second kappa shape index (κ2) is 11.1. The number of carbonyl (C=O) groups is 1. The van der Waals surface area contributed by atoms with Gasteiger partial charge in [0.05, 0.1) is 18.1 Å². The van der Waals surface area contributed by atoms with E-state index in [1.165, 1.54) is 18.2 Å². The number of thiocarbonyl (C=S) groups is 1. The summed E-state index contributed by atoms with van der Waals surface area (Å²) in [6.07, 6.45) is 9.04. The highest BCUT2D eigenvalue weighted by Crippen LogP contribution is 2.39. The van der Waals surface area contributed by atoms with E-state index < -0.39 is 0 Å². The first-order valence-corrected chi connectivity index (χ1v) is 13.5. The van der Waals surface area contributed by atoms with Crippen LogP contribution in [0.3, 0.4) is 0 Å². The molecule has 1 amide bonds. The Morgan fingerprint density at radius 1 is 1.21 bits per heavy atom. The number of morpholine rings is 1. The highest BCUT2D eigenvalue weighted by molar-refractivity contribution is 8.26. The Morgan fingerprint density at radius 3 is 2.56 bits per heavy atom. The predicted molar refractivity (Wildman–Crippen MR) is 140 cm³/mol. The van der Waals surface area contributed by atoms with E-state index in [0.29, 0.717) is 47.6 Å². The van der Waals surface area contributed by atoms with E-state index in [0.717, 1.165) is 49.9 Å². The minimum absolute atomic E-state index is 0.0564. The number of pyridine rings is 1. The van der Waals surface area contributed by atoms with Gasteiger partial charge in [-0.25, -0.2) is 0 Å². The highest BCUT2D eigenvalue weighted by atomic mass is 32.2. The summed E-state index contributed by atoms with van der Waals surface area (Å²) in [5.74, 6) is 0.722. The van der Waals surface area contributed by atoms with Crippen molar-refractivity contribution < 1.29 is 9.53 Å². The first-order chi connectivity index (χ1) is 16.5. The molecule has 2 aliphatic heterocycles. The lowest BCUT2D eigenvalue weighted by atomic mass is 9.94. The van der Waals surface area contributed by atoms with Gasteiger partial charge in [0.15, 0.2) is 0 Å². The molecular weight excluding hydrogens is 468 g/mol. The number of hydrogen-bond acceptors (Lipinski definition) is 7. The third kappa shape index (κ3) is 4.81. The minimum Gasteiger partial charge on any atom is -0.378 e. The normalized spacial score (nSPS) is 20.9. The largest absolute Gasteiger partial charge is 0.378 e. The number of carbonyl (C=O) groups excluding carboxylic acids is 1. The average Bonchev–Trinajstić information content (AvgIpc) is 3.13. The monoisotopic (exact) mass is 500 g/mol. The quantitative estimate of drug-likeness (QED) is 0.428. The van der Waals surface area contributed by atoms with Crippen molar-refractivity contribution in [1.82, 2.24) is 9.47 Å². The van der Waals surface area contributed by atoms with Gasteiger partial charge in [-0.15, -0.1) is 0 Å². The van der Waals surface area contributed by atoms with Crippen molar-refractivity contribution in [3.63, 3.8) is 0 Å². The van der Waals surface area contributed by atoms with Gasteiger partial charge in [-0.3, -0.25) is 19.1 Å². The third-order valence-electron chi connectivity index (χ3n) is 6.93. The Morgan fingerprint density at radius 2 is 1.91 bits per heavy atom. The van der Waals surface area contributed by atoms with E-state index in [-0.39, 0.29) is 23.1 Å². The van der Waals surface area contributed by atoms with Crippen LogP contribution in [0.5, 0.6) is 0 Å². The van der Waals surface area contributed by atoms with E-state index in [1.807, 2.05) is 13.0 Å². The summed E-state index contributed by atoms with van der Waals surface area (Å²) >= 11 is 6.96.